The van der Waals surface area contributed by atoms with Crippen LogP contribution in [0.15, 0.2) is 78.9 Å². The maximum atomic E-state index is 13.1. The van der Waals surface area contributed by atoms with Crippen molar-refractivity contribution in [2.75, 3.05) is 7.05 Å². The molecule has 0 aliphatic rings. The molecule has 3 aromatic carbocycles. The van der Waals surface area contributed by atoms with Gasteiger partial charge in [0.05, 0.1) is 17.6 Å². The van der Waals surface area contributed by atoms with E-state index in [-0.39, 0.29) is 5.91 Å². The number of H-pyrrole nitrogens is 1. The summed E-state index contributed by atoms with van der Waals surface area (Å²) in [6, 6.07) is 25.9. The number of aromatic amines is 1. The fourth-order valence-electron chi connectivity index (χ4n) is 3.28. The standard InChI is InChI=1S/C23H21N3O/c1-26(16-22-24-20-13-7-8-14-21(20)25-22)23(27)19-12-6-5-11-18(19)15-17-9-3-2-4-10-17/h2-14H,15-16H2,1H3,(H,24,25). The number of fused-ring (bicyclic) bond motifs is 1. The van der Waals surface area contributed by atoms with Crippen LogP contribution in [0.5, 0.6) is 0 Å². The number of aromatic nitrogens is 2. The summed E-state index contributed by atoms with van der Waals surface area (Å²) in [6.45, 7) is 0.438. The number of para-hydroxylation sites is 2. The van der Waals surface area contributed by atoms with E-state index in [0.29, 0.717) is 6.54 Å². The van der Waals surface area contributed by atoms with E-state index in [9.17, 15) is 4.79 Å². The summed E-state index contributed by atoms with van der Waals surface area (Å²) in [5, 5.41) is 0. The third-order valence-electron chi connectivity index (χ3n) is 4.66. The highest BCUT2D eigenvalue weighted by atomic mass is 16.2. The van der Waals surface area contributed by atoms with Crippen molar-refractivity contribution in [2.45, 2.75) is 13.0 Å². The molecule has 4 aromatic rings. The summed E-state index contributed by atoms with van der Waals surface area (Å²) in [5.74, 6) is 0.787. The van der Waals surface area contributed by atoms with Gasteiger partial charge in [-0.3, -0.25) is 4.79 Å². The van der Waals surface area contributed by atoms with Crippen LogP contribution in [0.2, 0.25) is 0 Å². The Balaban J connectivity index is 1.55. The van der Waals surface area contributed by atoms with Crippen LogP contribution in [0.1, 0.15) is 27.3 Å². The van der Waals surface area contributed by atoms with Crippen molar-refractivity contribution < 1.29 is 4.79 Å². The zero-order valence-electron chi connectivity index (χ0n) is 15.2. The minimum Gasteiger partial charge on any atom is -0.340 e. The number of carbonyl (C=O) groups excluding carboxylic acids is 1. The fraction of sp³-hybridized carbons (Fsp3) is 0.130. The van der Waals surface area contributed by atoms with Crippen molar-refractivity contribution in [3.63, 3.8) is 0 Å². The van der Waals surface area contributed by atoms with Gasteiger partial charge in [-0.2, -0.15) is 0 Å². The van der Waals surface area contributed by atoms with E-state index < -0.39 is 0 Å². The summed E-state index contributed by atoms with van der Waals surface area (Å²) in [7, 11) is 1.81. The van der Waals surface area contributed by atoms with Gasteiger partial charge in [0.15, 0.2) is 0 Å². The van der Waals surface area contributed by atoms with E-state index in [1.54, 1.807) is 4.90 Å². The van der Waals surface area contributed by atoms with Gasteiger partial charge < -0.3 is 9.88 Å². The third-order valence-corrected chi connectivity index (χ3v) is 4.66. The quantitative estimate of drug-likeness (QED) is 0.576. The van der Waals surface area contributed by atoms with Crippen molar-refractivity contribution in [1.82, 2.24) is 14.9 Å². The van der Waals surface area contributed by atoms with Crippen molar-refractivity contribution in [2.24, 2.45) is 0 Å². The van der Waals surface area contributed by atoms with Gasteiger partial charge in [-0.1, -0.05) is 60.7 Å². The molecule has 0 aliphatic heterocycles. The molecule has 0 fully saturated rings. The first-order valence-electron chi connectivity index (χ1n) is 9.01. The monoisotopic (exact) mass is 355 g/mol. The Labute approximate surface area is 158 Å². The maximum Gasteiger partial charge on any atom is 0.254 e. The van der Waals surface area contributed by atoms with Crippen LogP contribution in [-0.2, 0) is 13.0 Å². The molecule has 1 heterocycles. The molecule has 134 valence electrons. The number of amides is 1. The van der Waals surface area contributed by atoms with Crippen molar-refractivity contribution >= 4 is 16.9 Å². The second-order valence-electron chi connectivity index (χ2n) is 6.68. The zero-order chi connectivity index (χ0) is 18.6. The highest BCUT2D eigenvalue weighted by Crippen LogP contribution is 2.17. The molecular formula is C23H21N3O. The smallest absolute Gasteiger partial charge is 0.254 e. The van der Waals surface area contributed by atoms with Gasteiger partial charge in [0, 0.05) is 12.6 Å². The number of benzene rings is 3. The molecule has 0 saturated carbocycles. The molecular weight excluding hydrogens is 334 g/mol. The van der Waals surface area contributed by atoms with E-state index in [1.165, 1.54) is 5.56 Å². The minimum atomic E-state index is 0.00184. The van der Waals surface area contributed by atoms with E-state index in [2.05, 4.69) is 22.1 Å². The predicted molar refractivity (Wildman–Crippen MR) is 108 cm³/mol. The number of imidazole rings is 1. The normalized spacial score (nSPS) is 10.9. The first-order valence-corrected chi connectivity index (χ1v) is 9.01. The molecule has 0 spiro atoms. The average molecular weight is 355 g/mol. The Morgan fingerprint density at radius 1 is 0.926 bits per heavy atom. The second-order valence-corrected chi connectivity index (χ2v) is 6.68. The largest absolute Gasteiger partial charge is 0.340 e. The van der Waals surface area contributed by atoms with Gasteiger partial charge in [0.25, 0.3) is 5.91 Å². The summed E-state index contributed by atoms with van der Waals surface area (Å²) < 4.78 is 0. The third kappa shape index (κ3) is 3.75. The van der Waals surface area contributed by atoms with Crippen LogP contribution in [0.4, 0.5) is 0 Å². The number of carbonyl (C=O) groups is 1. The Kier molecular flexibility index (Phi) is 4.71. The molecule has 1 N–H and O–H groups in total. The highest BCUT2D eigenvalue weighted by Gasteiger charge is 2.17. The molecule has 0 unspecified atom stereocenters. The molecule has 0 atom stereocenters. The molecule has 0 bridgehead atoms. The molecule has 1 amide bonds. The van der Waals surface area contributed by atoms with E-state index in [0.717, 1.165) is 34.4 Å². The summed E-state index contributed by atoms with van der Waals surface area (Å²) in [5.41, 5.74) is 4.86. The number of hydrogen-bond acceptors (Lipinski definition) is 2. The Hall–Kier alpha value is -3.40. The predicted octanol–water partition coefficient (Wildman–Crippen LogP) is 4.43. The van der Waals surface area contributed by atoms with E-state index in [1.807, 2.05) is 73.8 Å². The molecule has 1 aromatic heterocycles. The number of nitrogens with zero attached hydrogens (tertiary/aromatic N) is 2. The SMILES string of the molecule is CN(Cc1nc2ccccc2[nH]1)C(=O)c1ccccc1Cc1ccccc1. The van der Waals surface area contributed by atoms with Gasteiger partial charge in [-0.05, 0) is 35.7 Å². The van der Waals surface area contributed by atoms with Gasteiger partial charge >= 0.3 is 0 Å². The van der Waals surface area contributed by atoms with Gasteiger partial charge in [-0.15, -0.1) is 0 Å². The lowest BCUT2D eigenvalue weighted by molar-refractivity contribution is 0.0781. The van der Waals surface area contributed by atoms with Gasteiger partial charge in [0.2, 0.25) is 0 Å². The lowest BCUT2D eigenvalue weighted by Crippen LogP contribution is -2.27. The summed E-state index contributed by atoms with van der Waals surface area (Å²) in [6.07, 6.45) is 0.737. The van der Waals surface area contributed by atoms with Crippen LogP contribution in [0, 0.1) is 0 Å². The van der Waals surface area contributed by atoms with E-state index >= 15 is 0 Å². The first kappa shape index (κ1) is 17.0. The van der Waals surface area contributed by atoms with Gasteiger partial charge in [-0.25, -0.2) is 4.98 Å². The van der Waals surface area contributed by atoms with E-state index in [4.69, 9.17) is 0 Å². The minimum absolute atomic E-state index is 0.00184. The summed E-state index contributed by atoms with van der Waals surface area (Å²) in [4.78, 5) is 22.6. The highest BCUT2D eigenvalue weighted by molar-refractivity contribution is 5.95. The molecule has 4 heteroatoms. The lowest BCUT2D eigenvalue weighted by Gasteiger charge is -2.18. The molecule has 4 nitrogen and oxygen atoms in total. The lowest BCUT2D eigenvalue weighted by atomic mass is 9.99. The van der Waals surface area contributed by atoms with Crippen LogP contribution in [0.3, 0.4) is 0 Å². The number of hydrogen-bond donors (Lipinski definition) is 1. The second kappa shape index (κ2) is 7.46. The molecule has 4 rings (SSSR count). The molecule has 0 saturated heterocycles. The first-order chi connectivity index (χ1) is 13.2. The van der Waals surface area contributed by atoms with Crippen molar-refractivity contribution in [3.8, 4) is 0 Å². The molecule has 0 radical (unpaired) electrons. The summed E-state index contributed by atoms with van der Waals surface area (Å²) >= 11 is 0. The van der Waals surface area contributed by atoms with Crippen molar-refractivity contribution in [1.29, 1.82) is 0 Å². The fourth-order valence-corrected chi connectivity index (χ4v) is 3.28. The molecule has 27 heavy (non-hydrogen) atoms. The Morgan fingerprint density at radius 2 is 1.63 bits per heavy atom. The number of rotatable bonds is 5. The average Bonchev–Trinajstić information content (AvgIpc) is 3.11. The van der Waals surface area contributed by atoms with Crippen LogP contribution in [-0.4, -0.2) is 27.8 Å². The topological polar surface area (TPSA) is 49.0 Å². The van der Waals surface area contributed by atoms with Crippen molar-refractivity contribution in [3.05, 3.63) is 101 Å². The maximum absolute atomic E-state index is 13.1. The Bertz CT molecular complexity index is 1040. The van der Waals surface area contributed by atoms with Crippen LogP contribution in [0.25, 0.3) is 11.0 Å². The van der Waals surface area contributed by atoms with Crippen LogP contribution < -0.4 is 0 Å². The zero-order valence-corrected chi connectivity index (χ0v) is 15.2. The van der Waals surface area contributed by atoms with Gasteiger partial charge in [0.1, 0.15) is 5.82 Å². The molecule has 0 aliphatic carbocycles. The van der Waals surface area contributed by atoms with Crippen LogP contribution >= 0.6 is 0 Å². The number of nitrogens with one attached hydrogen (secondary N) is 1. The Morgan fingerprint density at radius 3 is 2.44 bits per heavy atom.